The largest absolute Gasteiger partial charge is 0.364 e. The number of hydrogen-bond acceptors (Lipinski definition) is 3. The summed E-state index contributed by atoms with van der Waals surface area (Å²) in [6, 6.07) is 1.55. The lowest BCUT2D eigenvalue weighted by Crippen LogP contribution is -2.32. The van der Waals surface area contributed by atoms with E-state index in [4.69, 9.17) is 5.73 Å². The van der Waals surface area contributed by atoms with Gasteiger partial charge in [0.1, 0.15) is 5.69 Å². The van der Waals surface area contributed by atoms with Gasteiger partial charge >= 0.3 is 0 Å². The number of carbonyl (C=O) groups excluding carboxylic acids is 2. The highest BCUT2D eigenvalue weighted by Gasteiger charge is 2.22. The molecular weight excluding hydrogens is 292 g/mol. The molecule has 1 aromatic rings. The van der Waals surface area contributed by atoms with E-state index < -0.39 is 5.91 Å². The smallest absolute Gasteiger partial charge is 0.265 e. The summed E-state index contributed by atoms with van der Waals surface area (Å²) in [4.78, 5) is 25.7. The SMILES string of the molecule is CC(CC(=O)Nc1c[nH]c(C(N)=O)c1)C1CCNCC1.Cl. The highest BCUT2D eigenvalue weighted by Crippen LogP contribution is 2.24. The zero-order valence-electron chi connectivity index (χ0n) is 12.1. The molecule has 1 aliphatic heterocycles. The summed E-state index contributed by atoms with van der Waals surface area (Å²) in [5.41, 5.74) is 6.03. The van der Waals surface area contributed by atoms with Gasteiger partial charge in [-0.05, 0) is 43.8 Å². The number of hydrogen-bond donors (Lipinski definition) is 4. The van der Waals surface area contributed by atoms with Crippen molar-refractivity contribution in [1.82, 2.24) is 10.3 Å². The molecule has 7 heteroatoms. The van der Waals surface area contributed by atoms with Gasteiger partial charge in [-0.1, -0.05) is 6.92 Å². The fraction of sp³-hybridized carbons (Fsp3) is 0.571. The predicted octanol–water partition coefficient (Wildman–Crippen LogP) is 1.50. The molecule has 1 atom stereocenters. The summed E-state index contributed by atoms with van der Waals surface area (Å²) in [6.45, 7) is 4.20. The molecule has 2 heterocycles. The first-order chi connectivity index (χ1) is 9.56. The Morgan fingerprint density at radius 1 is 1.43 bits per heavy atom. The highest BCUT2D eigenvalue weighted by molar-refractivity contribution is 5.95. The number of anilines is 1. The van der Waals surface area contributed by atoms with E-state index in [1.165, 1.54) is 0 Å². The second-order valence-corrected chi connectivity index (χ2v) is 5.48. The van der Waals surface area contributed by atoms with Crippen LogP contribution in [-0.4, -0.2) is 29.9 Å². The Bertz CT molecular complexity index is 483. The lowest BCUT2D eigenvalue weighted by atomic mass is 9.84. The molecule has 0 radical (unpaired) electrons. The van der Waals surface area contributed by atoms with E-state index in [1.807, 2.05) is 0 Å². The van der Waals surface area contributed by atoms with E-state index in [9.17, 15) is 9.59 Å². The second kappa shape index (κ2) is 8.05. The molecule has 0 aliphatic carbocycles. The van der Waals surface area contributed by atoms with Crippen molar-refractivity contribution in [3.05, 3.63) is 18.0 Å². The molecule has 2 amide bonds. The predicted molar refractivity (Wildman–Crippen MR) is 84.6 cm³/mol. The molecule has 21 heavy (non-hydrogen) atoms. The molecule has 1 unspecified atom stereocenters. The van der Waals surface area contributed by atoms with Crippen molar-refractivity contribution in [3.8, 4) is 0 Å². The fourth-order valence-corrected chi connectivity index (χ4v) is 2.69. The van der Waals surface area contributed by atoms with Crippen LogP contribution in [0.15, 0.2) is 12.3 Å². The van der Waals surface area contributed by atoms with Crippen molar-refractivity contribution in [2.75, 3.05) is 18.4 Å². The van der Waals surface area contributed by atoms with E-state index in [1.54, 1.807) is 12.3 Å². The number of aromatic amines is 1. The van der Waals surface area contributed by atoms with E-state index in [2.05, 4.69) is 22.5 Å². The molecule has 0 saturated carbocycles. The molecule has 1 aliphatic rings. The van der Waals surface area contributed by atoms with Gasteiger partial charge in [0.2, 0.25) is 5.91 Å². The summed E-state index contributed by atoms with van der Waals surface area (Å²) >= 11 is 0. The molecule has 1 aromatic heterocycles. The van der Waals surface area contributed by atoms with Gasteiger partial charge in [0.05, 0.1) is 5.69 Å². The van der Waals surface area contributed by atoms with Crippen LogP contribution in [0.1, 0.15) is 36.7 Å². The van der Waals surface area contributed by atoms with E-state index >= 15 is 0 Å². The average Bonchev–Trinajstić information content (AvgIpc) is 2.88. The third-order valence-corrected chi connectivity index (χ3v) is 3.93. The fourth-order valence-electron chi connectivity index (χ4n) is 2.69. The normalized spacial score (nSPS) is 16.8. The van der Waals surface area contributed by atoms with Gasteiger partial charge in [0, 0.05) is 12.6 Å². The lowest BCUT2D eigenvalue weighted by molar-refractivity contribution is -0.117. The van der Waals surface area contributed by atoms with Gasteiger partial charge in [0.25, 0.3) is 5.91 Å². The number of primary amides is 1. The number of halogens is 1. The van der Waals surface area contributed by atoms with E-state index in [0.29, 0.717) is 29.6 Å². The quantitative estimate of drug-likeness (QED) is 0.662. The van der Waals surface area contributed by atoms with Crippen LogP contribution < -0.4 is 16.4 Å². The molecule has 118 valence electrons. The monoisotopic (exact) mass is 314 g/mol. The molecule has 0 bridgehead atoms. The number of rotatable bonds is 5. The van der Waals surface area contributed by atoms with Crippen molar-refractivity contribution >= 4 is 29.9 Å². The zero-order valence-corrected chi connectivity index (χ0v) is 13.0. The van der Waals surface area contributed by atoms with Gasteiger partial charge in [-0.15, -0.1) is 12.4 Å². The number of aromatic nitrogens is 1. The maximum Gasteiger partial charge on any atom is 0.265 e. The standard InChI is InChI=1S/C14H22N4O2.ClH/c1-9(10-2-4-16-5-3-10)6-13(19)18-11-7-12(14(15)20)17-8-11;/h7-10,16-17H,2-6H2,1H3,(H2,15,20)(H,18,19);1H. The number of nitrogens with two attached hydrogens (primary N) is 1. The summed E-state index contributed by atoms with van der Waals surface area (Å²) in [5.74, 6) is 0.417. The van der Waals surface area contributed by atoms with Gasteiger partial charge in [-0.3, -0.25) is 9.59 Å². The van der Waals surface area contributed by atoms with Crippen LogP contribution in [0.3, 0.4) is 0 Å². The third kappa shape index (κ3) is 5.06. The first-order valence-corrected chi connectivity index (χ1v) is 7.05. The third-order valence-electron chi connectivity index (χ3n) is 3.93. The number of carbonyl (C=O) groups is 2. The molecule has 6 nitrogen and oxygen atoms in total. The first kappa shape index (κ1) is 17.5. The Hall–Kier alpha value is -1.53. The topological polar surface area (TPSA) is 100 Å². The van der Waals surface area contributed by atoms with Crippen molar-refractivity contribution in [2.45, 2.75) is 26.2 Å². The maximum absolute atomic E-state index is 12.0. The number of amides is 2. The summed E-state index contributed by atoms with van der Waals surface area (Å²) < 4.78 is 0. The van der Waals surface area contributed by atoms with Crippen molar-refractivity contribution in [2.24, 2.45) is 17.6 Å². The average molecular weight is 315 g/mol. The van der Waals surface area contributed by atoms with Crippen LogP contribution in [0.25, 0.3) is 0 Å². The Balaban J connectivity index is 0.00000220. The lowest BCUT2D eigenvalue weighted by Gasteiger charge is -2.27. The Labute approximate surface area is 130 Å². The van der Waals surface area contributed by atoms with Gasteiger partial charge in [0.15, 0.2) is 0 Å². The van der Waals surface area contributed by atoms with Gasteiger partial charge in [-0.25, -0.2) is 0 Å². The van der Waals surface area contributed by atoms with E-state index in [-0.39, 0.29) is 18.3 Å². The number of nitrogens with one attached hydrogen (secondary N) is 3. The number of piperidine rings is 1. The zero-order chi connectivity index (χ0) is 14.5. The van der Waals surface area contributed by atoms with Crippen molar-refractivity contribution in [3.63, 3.8) is 0 Å². The van der Waals surface area contributed by atoms with Crippen LogP contribution in [0.5, 0.6) is 0 Å². The summed E-state index contributed by atoms with van der Waals surface area (Å²) in [5, 5.41) is 6.12. The molecular formula is C14H23ClN4O2. The summed E-state index contributed by atoms with van der Waals surface area (Å²) in [7, 11) is 0. The molecule has 1 fully saturated rings. The van der Waals surface area contributed by atoms with Crippen LogP contribution in [-0.2, 0) is 4.79 Å². The van der Waals surface area contributed by atoms with Gasteiger partial charge < -0.3 is 21.4 Å². The van der Waals surface area contributed by atoms with Crippen LogP contribution in [0.2, 0.25) is 0 Å². The molecule has 0 spiro atoms. The van der Waals surface area contributed by atoms with E-state index in [0.717, 1.165) is 25.9 Å². The Morgan fingerprint density at radius 3 is 2.67 bits per heavy atom. The Kier molecular flexibility index (Phi) is 6.71. The first-order valence-electron chi connectivity index (χ1n) is 7.05. The minimum absolute atomic E-state index is 0. The molecule has 5 N–H and O–H groups in total. The molecule has 1 saturated heterocycles. The van der Waals surface area contributed by atoms with Gasteiger partial charge in [-0.2, -0.15) is 0 Å². The minimum Gasteiger partial charge on any atom is -0.364 e. The second-order valence-electron chi connectivity index (χ2n) is 5.48. The van der Waals surface area contributed by atoms with Crippen molar-refractivity contribution in [1.29, 1.82) is 0 Å². The highest BCUT2D eigenvalue weighted by atomic mass is 35.5. The van der Waals surface area contributed by atoms with Crippen LogP contribution >= 0.6 is 12.4 Å². The maximum atomic E-state index is 12.0. The Morgan fingerprint density at radius 2 is 2.10 bits per heavy atom. The van der Waals surface area contributed by atoms with Crippen molar-refractivity contribution < 1.29 is 9.59 Å². The number of H-pyrrole nitrogens is 1. The molecule has 2 rings (SSSR count). The minimum atomic E-state index is -0.534. The van der Waals surface area contributed by atoms with Crippen LogP contribution in [0, 0.1) is 11.8 Å². The molecule has 0 aromatic carbocycles. The van der Waals surface area contributed by atoms with Crippen LogP contribution in [0.4, 0.5) is 5.69 Å². The summed E-state index contributed by atoms with van der Waals surface area (Å²) in [6.07, 6.45) is 4.34.